The largest absolute Gasteiger partial charge is 0.341 e. The Morgan fingerprint density at radius 3 is 2.63 bits per heavy atom. The number of nitrogens with zero attached hydrogens (tertiary/aromatic N) is 2. The topological polar surface area (TPSA) is 66.1 Å². The summed E-state index contributed by atoms with van der Waals surface area (Å²) in [7, 11) is 1.75. The fourth-order valence-electron chi connectivity index (χ4n) is 3.03. The summed E-state index contributed by atoms with van der Waals surface area (Å²) in [6.45, 7) is 0.523. The predicted octanol–water partition coefficient (Wildman–Crippen LogP) is 4.54. The van der Waals surface area contributed by atoms with Gasteiger partial charge in [0.1, 0.15) is 10.6 Å². The van der Waals surface area contributed by atoms with Gasteiger partial charge < -0.3 is 9.88 Å². The van der Waals surface area contributed by atoms with Gasteiger partial charge in [0.05, 0.1) is 11.1 Å². The van der Waals surface area contributed by atoms with Crippen LogP contribution >= 0.6 is 23.1 Å². The lowest BCUT2D eigenvalue weighted by molar-refractivity contribution is -0.127. The Morgan fingerprint density at radius 2 is 1.90 bits per heavy atom. The average molecular weight is 440 g/mol. The van der Waals surface area contributed by atoms with Gasteiger partial charge in [-0.1, -0.05) is 54.2 Å². The first-order valence-electron chi connectivity index (χ1n) is 9.19. The van der Waals surface area contributed by atoms with Crippen molar-refractivity contribution in [3.05, 3.63) is 81.7 Å². The van der Waals surface area contributed by atoms with Crippen molar-refractivity contribution < 1.29 is 9.18 Å². The smallest absolute Gasteiger partial charge is 0.260 e. The van der Waals surface area contributed by atoms with Crippen molar-refractivity contribution in [1.82, 2.24) is 14.9 Å². The summed E-state index contributed by atoms with van der Waals surface area (Å²) in [5.74, 6) is -0.204. The summed E-state index contributed by atoms with van der Waals surface area (Å²) < 4.78 is 13.2. The molecule has 0 aliphatic carbocycles. The van der Waals surface area contributed by atoms with Crippen LogP contribution in [-0.4, -0.2) is 33.6 Å². The average Bonchev–Trinajstić information content (AvgIpc) is 3.18. The summed E-state index contributed by atoms with van der Waals surface area (Å²) in [6.07, 6.45) is 0. The molecular weight excluding hydrogens is 421 g/mol. The molecule has 5 nitrogen and oxygen atoms in total. The zero-order valence-electron chi connectivity index (χ0n) is 16.1. The summed E-state index contributed by atoms with van der Waals surface area (Å²) >= 11 is 2.55. The summed E-state index contributed by atoms with van der Waals surface area (Å²) in [4.78, 5) is 34.6. The number of aromatic nitrogens is 2. The second-order valence-electron chi connectivity index (χ2n) is 6.73. The number of carbonyl (C=O) groups excluding carboxylic acids is 1. The number of amides is 1. The van der Waals surface area contributed by atoms with E-state index in [1.165, 1.54) is 35.2 Å². The van der Waals surface area contributed by atoms with Gasteiger partial charge in [0.25, 0.3) is 5.56 Å². The Balaban J connectivity index is 1.48. The van der Waals surface area contributed by atoms with Crippen LogP contribution in [0.3, 0.4) is 0 Å². The first kappa shape index (κ1) is 20.3. The first-order chi connectivity index (χ1) is 14.5. The third kappa shape index (κ3) is 4.44. The number of aromatic amines is 1. The van der Waals surface area contributed by atoms with Gasteiger partial charge in [-0.15, -0.1) is 11.3 Å². The Bertz CT molecular complexity index is 1240. The van der Waals surface area contributed by atoms with E-state index in [2.05, 4.69) is 9.97 Å². The Labute approximate surface area is 180 Å². The quantitative estimate of drug-likeness (QED) is 0.354. The maximum atomic E-state index is 13.2. The molecule has 0 atom stereocenters. The lowest BCUT2D eigenvalue weighted by Gasteiger charge is -2.16. The number of benzene rings is 2. The van der Waals surface area contributed by atoms with Gasteiger partial charge in [-0.3, -0.25) is 9.59 Å². The molecule has 0 saturated carbocycles. The van der Waals surface area contributed by atoms with Crippen LogP contribution in [0.15, 0.2) is 69.9 Å². The Kier molecular flexibility index (Phi) is 5.96. The van der Waals surface area contributed by atoms with Crippen LogP contribution in [-0.2, 0) is 11.3 Å². The number of carbonyl (C=O) groups is 1. The molecule has 0 aliphatic heterocycles. The number of rotatable bonds is 6. The van der Waals surface area contributed by atoms with E-state index < -0.39 is 0 Å². The highest BCUT2D eigenvalue weighted by Crippen LogP contribution is 2.31. The SMILES string of the molecule is CN(Cc1ccccc1)C(=O)CSc1nc2scc(-c3ccc(F)cc3)c2c(=O)[nH]1. The van der Waals surface area contributed by atoms with Gasteiger partial charge in [-0.2, -0.15) is 0 Å². The van der Waals surface area contributed by atoms with Crippen LogP contribution in [0.1, 0.15) is 5.56 Å². The van der Waals surface area contributed by atoms with Gasteiger partial charge >= 0.3 is 0 Å². The molecule has 8 heteroatoms. The van der Waals surface area contributed by atoms with Crippen molar-refractivity contribution in [3.8, 4) is 11.1 Å². The van der Waals surface area contributed by atoms with E-state index in [1.54, 1.807) is 24.1 Å². The first-order valence-corrected chi connectivity index (χ1v) is 11.1. The Morgan fingerprint density at radius 1 is 1.17 bits per heavy atom. The van der Waals surface area contributed by atoms with E-state index in [4.69, 9.17) is 0 Å². The van der Waals surface area contributed by atoms with Crippen LogP contribution in [0, 0.1) is 5.82 Å². The lowest BCUT2D eigenvalue weighted by atomic mass is 10.1. The third-order valence-corrected chi connectivity index (χ3v) is 6.33. The molecule has 0 unspecified atom stereocenters. The number of hydrogen-bond acceptors (Lipinski definition) is 5. The number of halogens is 1. The van der Waals surface area contributed by atoms with Crippen molar-refractivity contribution >= 4 is 39.2 Å². The monoisotopic (exact) mass is 439 g/mol. The molecule has 0 spiro atoms. The van der Waals surface area contributed by atoms with E-state index in [9.17, 15) is 14.0 Å². The highest BCUT2D eigenvalue weighted by Gasteiger charge is 2.15. The minimum absolute atomic E-state index is 0.0511. The van der Waals surface area contributed by atoms with E-state index >= 15 is 0 Å². The van der Waals surface area contributed by atoms with Crippen molar-refractivity contribution in [3.63, 3.8) is 0 Å². The van der Waals surface area contributed by atoms with E-state index in [-0.39, 0.29) is 23.0 Å². The van der Waals surface area contributed by atoms with Crippen molar-refractivity contribution in [2.45, 2.75) is 11.7 Å². The minimum Gasteiger partial charge on any atom is -0.341 e. The van der Waals surface area contributed by atoms with E-state index in [0.29, 0.717) is 21.9 Å². The minimum atomic E-state index is -0.328. The molecule has 2 heterocycles. The summed E-state index contributed by atoms with van der Waals surface area (Å²) in [5.41, 5.74) is 2.26. The van der Waals surface area contributed by atoms with Crippen molar-refractivity contribution in [2.24, 2.45) is 0 Å². The van der Waals surface area contributed by atoms with Crippen LogP contribution < -0.4 is 5.56 Å². The van der Waals surface area contributed by atoms with Gasteiger partial charge in [0.2, 0.25) is 5.91 Å². The maximum Gasteiger partial charge on any atom is 0.260 e. The normalized spacial score (nSPS) is 11.0. The number of thiophene rings is 1. The van der Waals surface area contributed by atoms with Gasteiger partial charge in [0, 0.05) is 24.5 Å². The summed E-state index contributed by atoms with van der Waals surface area (Å²) in [5, 5.41) is 2.72. The zero-order chi connectivity index (χ0) is 21.1. The second-order valence-corrected chi connectivity index (χ2v) is 8.55. The predicted molar refractivity (Wildman–Crippen MR) is 119 cm³/mol. The highest BCUT2D eigenvalue weighted by molar-refractivity contribution is 7.99. The molecule has 152 valence electrons. The molecule has 30 heavy (non-hydrogen) atoms. The van der Waals surface area contributed by atoms with E-state index in [0.717, 1.165) is 16.7 Å². The fourth-order valence-corrected chi connectivity index (χ4v) is 4.83. The van der Waals surface area contributed by atoms with E-state index in [1.807, 2.05) is 35.7 Å². The van der Waals surface area contributed by atoms with Crippen molar-refractivity contribution in [1.29, 1.82) is 0 Å². The number of fused-ring (bicyclic) bond motifs is 1. The third-order valence-electron chi connectivity index (χ3n) is 4.60. The molecule has 0 saturated heterocycles. The van der Waals surface area contributed by atoms with Crippen LogP contribution in [0.2, 0.25) is 0 Å². The van der Waals surface area contributed by atoms with Crippen LogP contribution in [0.4, 0.5) is 4.39 Å². The molecule has 0 fully saturated rings. The molecule has 0 bridgehead atoms. The molecule has 4 aromatic rings. The van der Waals surface area contributed by atoms with Crippen LogP contribution in [0.5, 0.6) is 0 Å². The molecule has 1 N–H and O–H groups in total. The lowest BCUT2D eigenvalue weighted by Crippen LogP contribution is -2.27. The zero-order valence-corrected chi connectivity index (χ0v) is 17.7. The molecule has 2 aromatic carbocycles. The number of H-pyrrole nitrogens is 1. The fraction of sp³-hybridized carbons (Fsp3) is 0.136. The number of hydrogen-bond donors (Lipinski definition) is 1. The molecule has 1 amide bonds. The molecule has 2 aromatic heterocycles. The van der Waals surface area contributed by atoms with Gasteiger partial charge in [0.15, 0.2) is 5.16 Å². The van der Waals surface area contributed by atoms with Gasteiger partial charge in [-0.25, -0.2) is 9.37 Å². The number of thioether (sulfide) groups is 1. The van der Waals surface area contributed by atoms with Crippen LogP contribution in [0.25, 0.3) is 21.3 Å². The maximum absolute atomic E-state index is 13.2. The number of nitrogens with one attached hydrogen (secondary N) is 1. The van der Waals surface area contributed by atoms with Crippen molar-refractivity contribution in [2.75, 3.05) is 12.8 Å². The second kappa shape index (κ2) is 8.81. The van der Waals surface area contributed by atoms with Gasteiger partial charge in [-0.05, 0) is 23.3 Å². The standard InChI is InChI=1S/C22H18FN3O2S2/c1-26(11-14-5-3-2-4-6-14)18(27)13-30-22-24-20(28)19-17(12-29-21(19)25-22)15-7-9-16(23)10-8-15/h2-10,12H,11,13H2,1H3,(H,24,25,28). The Hall–Kier alpha value is -2.97. The summed E-state index contributed by atoms with van der Waals surface area (Å²) in [6, 6.07) is 15.8. The molecule has 0 radical (unpaired) electrons. The molecule has 0 aliphatic rings. The molecular formula is C22H18FN3O2S2. The highest BCUT2D eigenvalue weighted by atomic mass is 32.2. The molecule has 4 rings (SSSR count).